The number of hydrogen-bond donors (Lipinski definition) is 1. The summed E-state index contributed by atoms with van der Waals surface area (Å²) in [6.07, 6.45) is 1.01. The summed E-state index contributed by atoms with van der Waals surface area (Å²) in [5.41, 5.74) is 0.336. The average molecular weight is 397 g/mol. The van der Waals surface area contributed by atoms with Crippen molar-refractivity contribution in [2.75, 3.05) is 38.6 Å². The molecule has 0 radical (unpaired) electrons. The second-order valence-corrected chi connectivity index (χ2v) is 8.24. The fourth-order valence-corrected chi connectivity index (χ4v) is 3.86. The number of Topliss-reactive ketones (excluding diaryl/α,β-unsaturated/α-hetero) is 1. The molecule has 27 heavy (non-hydrogen) atoms. The Morgan fingerprint density at radius 1 is 1.30 bits per heavy atom. The van der Waals surface area contributed by atoms with Gasteiger partial charge < -0.3 is 10.1 Å². The lowest BCUT2D eigenvalue weighted by Gasteiger charge is -2.35. The van der Waals surface area contributed by atoms with Gasteiger partial charge >= 0.3 is 0 Å². The fourth-order valence-electron chi connectivity index (χ4n) is 3.11. The molecule has 1 heterocycles. The third-order valence-electron chi connectivity index (χ3n) is 4.54. The maximum atomic E-state index is 14.0. The van der Waals surface area contributed by atoms with Crippen molar-refractivity contribution in [1.29, 1.82) is 0 Å². The minimum atomic E-state index is -0.466. The fraction of sp³-hybridized carbons (Fsp3) is 0.600. The molecule has 1 saturated heterocycles. The van der Waals surface area contributed by atoms with Crippen molar-refractivity contribution in [3.63, 3.8) is 0 Å². The average Bonchev–Trinajstić information content (AvgIpc) is 2.64. The normalized spacial score (nSPS) is 16.3. The quantitative estimate of drug-likeness (QED) is 0.514. The Kier molecular flexibility index (Phi) is 8.73. The van der Waals surface area contributed by atoms with E-state index in [0.717, 1.165) is 44.5 Å². The van der Waals surface area contributed by atoms with Gasteiger partial charge in [-0.15, -0.1) is 11.8 Å². The van der Waals surface area contributed by atoms with E-state index in [1.54, 1.807) is 12.1 Å². The van der Waals surface area contributed by atoms with E-state index in [1.807, 2.05) is 0 Å². The second kappa shape index (κ2) is 10.8. The van der Waals surface area contributed by atoms with Crippen LogP contribution in [-0.2, 0) is 9.53 Å². The van der Waals surface area contributed by atoms with Gasteiger partial charge in [0, 0.05) is 36.1 Å². The molecule has 0 saturated carbocycles. The van der Waals surface area contributed by atoms with Gasteiger partial charge in [-0.05, 0) is 31.4 Å². The lowest BCUT2D eigenvalue weighted by Crippen LogP contribution is -2.49. The van der Waals surface area contributed by atoms with Crippen LogP contribution in [0.4, 0.5) is 4.39 Å². The molecular weight excluding hydrogens is 367 g/mol. The molecule has 0 aliphatic carbocycles. The Hall–Kier alpha value is -1.44. The van der Waals surface area contributed by atoms with Gasteiger partial charge in [0.2, 0.25) is 5.91 Å². The first-order chi connectivity index (χ1) is 12.9. The first kappa shape index (κ1) is 21.9. The zero-order chi connectivity index (χ0) is 19.8. The largest absolute Gasteiger partial charge is 0.379 e. The standard InChI is InChI=1S/C20H29FN2O3S/c1-14(2)10-17(23-6-8-26-9-7-23)12-22-20(25)13-27-19-5-4-16(15(3)24)11-18(19)21/h4-5,11,14,17H,6-10,12-13H2,1-3H3,(H,22,25). The van der Waals surface area contributed by atoms with Crippen LogP contribution in [0, 0.1) is 11.7 Å². The van der Waals surface area contributed by atoms with Crippen molar-refractivity contribution >= 4 is 23.5 Å². The van der Waals surface area contributed by atoms with Gasteiger partial charge in [0.1, 0.15) is 5.82 Å². The van der Waals surface area contributed by atoms with E-state index >= 15 is 0 Å². The van der Waals surface area contributed by atoms with E-state index in [0.29, 0.717) is 22.9 Å². The molecule has 0 aromatic heterocycles. The number of carbonyl (C=O) groups excluding carboxylic acids is 2. The van der Waals surface area contributed by atoms with Crippen LogP contribution in [-0.4, -0.2) is 61.2 Å². The zero-order valence-electron chi connectivity index (χ0n) is 16.3. The molecule has 150 valence electrons. The van der Waals surface area contributed by atoms with Crippen LogP contribution in [0.25, 0.3) is 0 Å². The summed E-state index contributed by atoms with van der Waals surface area (Å²) in [5, 5.41) is 2.99. The van der Waals surface area contributed by atoms with Crippen LogP contribution in [0.15, 0.2) is 23.1 Å². The van der Waals surface area contributed by atoms with Gasteiger partial charge in [0.25, 0.3) is 0 Å². The molecule has 1 aromatic carbocycles. The van der Waals surface area contributed by atoms with Crippen LogP contribution >= 0.6 is 11.8 Å². The zero-order valence-corrected chi connectivity index (χ0v) is 17.1. The highest BCUT2D eigenvalue weighted by atomic mass is 32.2. The number of nitrogens with one attached hydrogen (secondary N) is 1. The first-order valence-corrected chi connectivity index (χ1v) is 10.4. The monoisotopic (exact) mass is 396 g/mol. The van der Waals surface area contributed by atoms with Gasteiger partial charge in [0.05, 0.1) is 19.0 Å². The van der Waals surface area contributed by atoms with Crippen LogP contribution in [0.5, 0.6) is 0 Å². The Balaban J connectivity index is 1.83. The highest BCUT2D eigenvalue weighted by molar-refractivity contribution is 8.00. The lowest BCUT2D eigenvalue weighted by molar-refractivity contribution is -0.118. The highest BCUT2D eigenvalue weighted by Gasteiger charge is 2.22. The van der Waals surface area contributed by atoms with Gasteiger partial charge in [-0.1, -0.05) is 19.9 Å². The molecule has 0 bridgehead atoms. The molecule has 5 nitrogen and oxygen atoms in total. The Morgan fingerprint density at radius 3 is 2.59 bits per heavy atom. The first-order valence-electron chi connectivity index (χ1n) is 9.38. The number of ether oxygens (including phenoxy) is 1. The minimum Gasteiger partial charge on any atom is -0.379 e. The summed E-state index contributed by atoms with van der Waals surface area (Å²) >= 11 is 1.14. The molecule has 1 amide bonds. The van der Waals surface area contributed by atoms with Crippen molar-refractivity contribution in [2.45, 2.75) is 38.1 Å². The number of rotatable bonds is 9. The Bertz CT molecular complexity index is 648. The number of halogens is 1. The van der Waals surface area contributed by atoms with E-state index in [2.05, 4.69) is 24.1 Å². The molecule has 1 aliphatic heterocycles. The molecule has 1 unspecified atom stereocenters. The number of benzene rings is 1. The van der Waals surface area contributed by atoms with Gasteiger partial charge in [-0.2, -0.15) is 0 Å². The van der Waals surface area contributed by atoms with E-state index in [9.17, 15) is 14.0 Å². The molecular formula is C20H29FN2O3S. The number of nitrogens with zero attached hydrogens (tertiary/aromatic N) is 1. The van der Waals surface area contributed by atoms with Crippen molar-refractivity contribution in [3.8, 4) is 0 Å². The number of carbonyl (C=O) groups is 2. The second-order valence-electron chi connectivity index (χ2n) is 7.23. The van der Waals surface area contributed by atoms with E-state index < -0.39 is 5.82 Å². The molecule has 1 aromatic rings. The van der Waals surface area contributed by atoms with E-state index in [-0.39, 0.29) is 23.5 Å². The number of thioether (sulfide) groups is 1. The maximum Gasteiger partial charge on any atom is 0.230 e. The molecule has 7 heteroatoms. The van der Waals surface area contributed by atoms with Crippen molar-refractivity contribution < 1.29 is 18.7 Å². The number of hydrogen-bond acceptors (Lipinski definition) is 5. The van der Waals surface area contributed by atoms with Crippen LogP contribution < -0.4 is 5.32 Å². The van der Waals surface area contributed by atoms with Gasteiger partial charge in [0.15, 0.2) is 5.78 Å². The van der Waals surface area contributed by atoms with Crippen molar-refractivity contribution in [3.05, 3.63) is 29.6 Å². The van der Waals surface area contributed by atoms with E-state index in [4.69, 9.17) is 4.74 Å². The predicted octanol–water partition coefficient (Wildman–Crippen LogP) is 2.98. The van der Waals surface area contributed by atoms with Crippen LogP contribution in [0.1, 0.15) is 37.6 Å². The summed E-state index contributed by atoms with van der Waals surface area (Å²) in [5.74, 6) is -0.0718. The summed E-state index contributed by atoms with van der Waals surface area (Å²) in [7, 11) is 0. The van der Waals surface area contributed by atoms with Crippen molar-refractivity contribution in [1.82, 2.24) is 10.2 Å². The molecule has 0 spiro atoms. The van der Waals surface area contributed by atoms with Crippen LogP contribution in [0.3, 0.4) is 0 Å². The summed E-state index contributed by atoms with van der Waals surface area (Å²) in [4.78, 5) is 26.3. The minimum absolute atomic E-state index is 0.114. The summed E-state index contributed by atoms with van der Waals surface area (Å²) < 4.78 is 19.5. The predicted molar refractivity (Wildman–Crippen MR) is 106 cm³/mol. The third kappa shape index (κ3) is 7.24. The Labute approximate surface area is 165 Å². The number of morpholine rings is 1. The molecule has 1 fully saturated rings. The maximum absolute atomic E-state index is 14.0. The Morgan fingerprint density at radius 2 is 2.00 bits per heavy atom. The third-order valence-corrected chi connectivity index (χ3v) is 5.59. The smallest absolute Gasteiger partial charge is 0.230 e. The summed E-state index contributed by atoms with van der Waals surface area (Å²) in [6.45, 7) is 9.57. The van der Waals surface area contributed by atoms with E-state index in [1.165, 1.54) is 13.0 Å². The number of ketones is 1. The van der Waals surface area contributed by atoms with Gasteiger partial charge in [-0.3, -0.25) is 14.5 Å². The highest BCUT2D eigenvalue weighted by Crippen LogP contribution is 2.23. The summed E-state index contributed by atoms with van der Waals surface area (Å²) in [6, 6.07) is 4.65. The van der Waals surface area contributed by atoms with Crippen LogP contribution in [0.2, 0.25) is 0 Å². The molecule has 1 atom stereocenters. The van der Waals surface area contributed by atoms with Crippen molar-refractivity contribution in [2.24, 2.45) is 5.92 Å². The molecule has 1 N–H and O–H groups in total. The molecule has 1 aliphatic rings. The topological polar surface area (TPSA) is 58.6 Å². The number of amides is 1. The van der Waals surface area contributed by atoms with Gasteiger partial charge in [-0.25, -0.2) is 4.39 Å². The SMILES string of the molecule is CC(=O)c1ccc(SCC(=O)NCC(CC(C)C)N2CCOCC2)c(F)c1. The lowest BCUT2D eigenvalue weighted by atomic mass is 10.0. The molecule has 2 rings (SSSR count).